The Labute approximate surface area is 85.5 Å². The molecule has 3 nitrogen and oxygen atoms in total. The largest absolute Gasteiger partial charge is 0.337 e. The van der Waals surface area contributed by atoms with Crippen LogP contribution in [0.1, 0.15) is 13.3 Å². The summed E-state index contributed by atoms with van der Waals surface area (Å²) in [6.45, 7) is 4.94. The van der Waals surface area contributed by atoms with Gasteiger partial charge in [-0.1, -0.05) is 0 Å². The quantitative estimate of drug-likeness (QED) is 0.658. The average Bonchev–Trinajstić information content (AvgIpc) is 2.04. The first-order chi connectivity index (χ1) is 6.15. The predicted molar refractivity (Wildman–Crippen MR) is 57.1 cm³/mol. The molecule has 1 heterocycles. The first-order valence-electron chi connectivity index (χ1n) is 4.74. The van der Waals surface area contributed by atoms with Crippen LogP contribution in [0.5, 0.6) is 0 Å². The molecule has 0 aromatic rings. The van der Waals surface area contributed by atoms with Crippen molar-refractivity contribution in [1.82, 2.24) is 9.80 Å². The Morgan fingerprint density at radius 2 is 2.23 bits per heavy atom. The Kier molecular flexibility index (Phi) is 4.06. The molecule has 0 aromatic carbocycles. The van der Waals surface area contributed by atoms with E-state index in [0.717, 1.165) is 19.6 Å². The van der Waals surface area contributed by atoms with Gasteiger partial charge in [-0.3, -0.25) is 4.79 Å². The van der Waals surface area contributed by atoms with Crippen molar-refractivity contribution in [3.8, 4) is 0 Å². The minimum absolute atomic E-state index is 0.246. The molecular weight excluding hydrogens is 184 g/mol. The smallest absolute Gasteiger partial charge is 0.223 e. The second kappa shape index (κ2) is 4.86. The summed E-state index contributed by atoms with van der Waals surface area (Å²) < 4.78 is 0. The lowest BCUT2D eigenvalue weighted by molar-refractivity contribution is -0.134. The van der Waals surface area contributed by atoms with E-state index in [1.54, 1.807) is 0 Å². The minimum atomic E-state index is 0.246. The fraction of sp³-hybridized carbons (Fsp3) is 0.889. The molecule has 1 unspecified atom stereocenters. The number of carbonyl (C=O) groups is 1. The van der Waals surface area contributed by atoms with Crippen LogP contribution in [-0.2, 0) is 4.79 Å². The van der Waals surface area contributed by atoms with E-state index in [1.807, 2.05) is 4.90 Å². The Morgan fingerprint density at radius 3 is 2.77 bits per heavy atom. The highest BCUT2D eigenvalue weighted by Crippen LogP contribution is 2.09. The fourth-order valence-electron chi connectivity index (χ4n) is 1.75. The van der Waals surface area contributed by atoms with Gasteiger partial charge in [-0.15, -0.1) is 0 Å². The van der Waals surface area contributed by atoms with Gasteiger partial charge >= 0.3 is 0 Å². The van der Waals surface area contributed by atoms with Crippen LogP contribution < -0.4 is 0 Å². The highest BCUT2D eigenvalue weighted by atomic mass is 32.1. The van der Waals surface area contributed by atoms with Crippen LogP contribution in [0.3, 0.4) is 0 Å². The molecule has 0 aromatic heterocycles. The van der Waals surface area contributed by atoms with Crippen LogP contribution in [0.15, 0.2) is 0 Å². The van der Waals surface area contributed by atoms with Crippen LogP contribution in [0.2, 0.25) is 0 Å². The molecule has 1 rings (SSSR count). The lowest BCUT2D eigenvalue weighted by Crippen LogP contribution is -2.52. The van der Waals surface area contributed by atoms with Gasteiger partial charge in [-0.05, 0) is 19.7 Å². The van der Waals surface area contributed by atoms with E-state index < -0.39 is 0 Å². The molecule has 1 aliphatic heterocycles. The molecule has 0 saturated carbocycles. The molecule has 1 atom stereocenters. The number of nitrogens with zero attached hydrogens (tertiary/aromatic N) is 2. The van der Waals surface area contributed by atoms with Crippen LogP contribution in [-0.4, -0.2) is 54.2 Å². The first-order valence-corrected chi connectivity index (χ1v) is 5.37. The maximum Gasteiger partial charge on any atom is 0.223 e. The minimum Gasteiger partial charge on any atom is -0.337 e. The molecule has 1 saturated heterocycles. The summed E-state index contributed by atoms with van der Waals surface area (Å²) in [4.78, 5) is 15.8. The Bertz CT molecular complexity index is 186. The fourth-order valence-corrected chi connectivity index (χ4v) is 1.94. The van der Waals surface area contributed by atoms with Gasteiger partial charge in [-0.2, -0.15) is 12.6 Å². The second-order valence-corrected chi connectivity index (χ2v) is 4.12. The first kappa shape index (κ1) is 10.9. The SMILES string of the molecule is CC1CN(C)CCN1C(=O)CCS. The van der Waals surface area contributed by atoms with Crippen molar-refractivity contribution in [2.24, 2.45) is 0 Å². The number of amides is 1. The lowest BCUT2D eigenvalue weighted by Gasteiger charge is -2.38. The van der Waals surface area contributed by atoms with Gasteiger partial charge in [0.1, 0.15) is 0 Å². The highest BCUT2D eigenvalue weighted by molar-refractivity contribution is 7.80. The van der Waals surface area contributed by atoms with Crippen molar-refractivity contribution in [2.75, 3.05) is 32.4 Å². The maximum absolute atomic E-state index is 11.6. The zero-order valence-corrected chi connectivity index (χ0v) is 9.26. The molecule has 1 amide bonds. The summed E-state index contributed by atoms with van der Waals surface area (Å²) in [5, 5.41) is 0. The third kappa shape index (κ3) is 2.88. The van der Waals surface area contributed by atoms with E-state index >= 15 is 0 Å². The molecule has 0 N–H and O–H groups in total. The number of piperazine rings is 1. The van der Waals surface area contributed by atoms with Crippen molar-refractivity contribution >= 4 is 18.5 Å². The molecular formula is C9H18N2OS. The van der Waals surface area contributed by atoms with Crippen molar-refractivity contribution in [3.63, 3.8) is 0 Å². The van der Waals surface area contributed by atoms with E-state index in [4.69, 9.17) is 0 Å². The van der Waals surface area contributed by atoms with Crippen LogP contribution in [0.4, 0.5) is 0 Å². The van der Waals surface area contributed by atoms with Gasteiger partial charge in [-0.25, -0.2) is 0 Å². The summed E-state index contributed by atoms with van der Waals surface area (Å²) in [6, 6.07) is 0.353. The van der Waals surface area contributed by atoms with Crippen molar-refractivity contribution in [2.45, 2.75) is 19.4 Å². The van der Waals surface area contributed by atoms with Crippen molar-refractivity contribution < 1.29 is 4.79 Å². The van der Waals surface area contributed by atoms with Gasteiger partial charge in [0.2, 0.25) is 5.91 Å². The average molecular weight is 202 g/mol. The van der Waals surface area contributed by atoms with Gasteiger partial charge < -0.3 is 9.80 Å². The summed E-state index contributed by atoms with van der Waals surface area (Å²) in [5.41, 5.74) is 0. The number of thiol groups is 1. The molecule has 1 fully saturated rings. The van der Waals surface area contributed by atoms with E-state index in [0.29, 0.717) is 18.2 Å². The van der Waals surface area contributed by atoms with Gasteiger partial charge in [0.25, 0.3) is 0 Å². The Morgan fingerprint density at radius 1 is 1.54 bits per heavy atom. The van der Waals surface area contributed by atoms with E-state index in [9.17, 15) is 4.79 Å². The molecule has 0 spiro atoms. The zero-order valence-electron chi connectivity index (χ0n) is 8.36. The molecule has 4 heteroatoms. The molecule has 0 radical (unpaired) electrons. The van der Waals surface area contributed by atoms with Gasteiger partial charge in [0.15, 0.2) is 0 Å². The number of likely N-dealkylation sites (N-methyl/N-ethyl adjacent to an activating group) is 1. The standard InChI is InChI=1S/C9H18N2OS/c1-8-7-10(2)4-5-11(8)9(12)3-6-13/h8,13H,3-7H2,1-2H3. The maximum atomic E-state index is 11.6. The molecule has 0 aliphatic carbocycles. The summed E-state index contributed by atoms with van der Waals surface area (Å²) >= 11 is 4.07. The number of rotatable bonds is 2. The summed E-state index contributed by atoms with van der Waals surface area (Å²) in [5.74, 6) is 0.897. The van der Waals surface area contributed by atoms with E-state index in [1.165, 1.54) is 0 Å². The molecule has 0 bridgehead atoms. The number of carbonyl (C=O) groups excluding carboxylic acids is 1. The van der Waals surface area contributed by atoms with Crippen molar-refractivity contribution in [3.05, 3.63) is 0 Å². The monoisotopic (exact) mass is 202 g/mol. The molecule has 76 valence electrons. The van der Waals surface area contributed by atoms with Crippen LogP contribution in [0.25, 0.3) is 0 Å². The van der Waals surface area contributed by atoms with Gasteiger partial charge in [0.05, 0.1) is 0 Å². The van der Waals surface area contributed by atoms with E-state index in [2.05, 4.69) is 31.5 Å². The number of hydrogen-bond donors (Lipinski definition) is 1. The van der Waals surface area contributed by atoms with Crippen LogP contribution >= 0.6 is 12.6 Å². The summed E-state index contributed by atoms with van der Waals surface area (Å²) in [7, 11) is 2.09. The lowest BCUT2D eigenvalue weighted by atomic mass is 10.2. The summed E-state index contributed by atoms with van der Waals surface area (Å²) in [6.07, 6.45) is 0.567. The number of hydrogen-bond acceptors (Lipinski definition) is 3. The van der Waals surface area contributed by atoms with E-state index in [-0.39, 0.29) is 5.91 Å². The topological polar surface area (TPSA) is 23.6 Å². The zero-order chi connectivity index (χ0) is 9.84. The molecule has 13 heavy (non-hydrogen) atoms. The normalized spacial score (nSPS) is 24.8. The Balaban J connectivity index is 2.45. The highest BCUT2D eigenvalue weighted by Gasteiger charge is 2.24. The van der Waals surface area contributed by atoms with Crippen LogP contribution in [0, 0.1) is 0 Å². The van der Waals surface area contributed by atoms with Crippen molar-refractivity contribution in [1.29, 1.82) is 0 Å². The predicted octanol–water partition coefficient (Wildman–Crippen LogP) is 0.469. The molecule has 1 aliphatic rings. The third-order valence-electron chi connectivity index (χ3n) is 2.48. The Hall–Kier alpha value is -0.220. The van der Waals surface area contributed by atoms with Gasteiger partial charge in [0, 0.05) is 32.1 Å². The second-order valence-electron chi connectivity index (χ2n) is 3.67. The third-order valence-corrected chi connectivity index (χ3v) is 2.70.